The van der Waals surface area contributed by atoms with Gasteiger partial charge in [-0.15, -0.1) is 0 Å². The summed E-state index contributed by atoms with van der Waals surface area (Å²) < 4.78 is 4.76. The van der Waals surface area contributed by atoms with Crippen molar-refractivity contribution in [3.8, 4) is 17.5 Å². The molecule has 2 aromatic carbocycles. The summed E-state index contributed by atoms with van der Waals surface area (Å²) in [6.45, 7) is 3.56. The molecular formula is C30H24N8O2. The summed E-state index contributed by atoms with van der Waals surface area (Å²) >= 11 is 0. The van der Waals surface area contributed by atoms with Crippen LogP contribution in [-0.2, 0) is 7.05 Å². The third kappa shape index (κ3) is 4.39. The van der Waals surface area contributed by atoms with Crippen molar-refractivity contribution in [3.63, 3.8) is 0 Å². The van der Waals surface area contributed by atoms with Gasteiger partial charge in [-0.2, -0.15) is 10.2 Å². The van der Waals surface area contributed by atoms with Gasteiger partial charge in [-0.3, -0.25) is 18.8 Å². The van der Waals surface area contributed by atoms with Crippen LogP contribution in [0.2, 0.25) is 0 Å². The Balaban J connectivity index is 1.48. The standard InChI is InChI=1S/C30H24N8O2/c1-19-25(28-31-16-8-17-37(28)34-19)29(39)32-20(2)27-33-24-12-7-9-21(13-14-22-15-18-36(3)35-22)26(24)30(40)38(27)23-10-5-4-6-11-23/h4-12,15-18,20H,1-3H3,(H,32,39)/t20-/m0/s1. The Hall–Kier alpha value is -5.56. The molecule has 10 nitrogen and oxygen atoms in total. The van der Waals surface area contributed by atoms with Crippen molar-refractivity contribution >= 4 is 22.5 Å². The van der Waals surface area contributed by atoms with Crippen LogP contribution in [0.25, 0.3) is 22.2 Å². The monoisotopic (exact) mass is 528 g/mol. The summed E-state index contributed by atoms with van der Waals surface area (Å²) in [5, 5.41) is 12.1. The predicted octanol–water partition coefficient (Wildman–Crippen LogP) is 3.36. The van der Waals surface area contributed by atoms with Crippen molar-refractivity contribution in [1.82, 2.24) is 39.2 Å². The van der Waals surface area contributed by atoms with Crippen molar-refractivity contribution in [3.05, 3.63) is 118 Å². The van der Waals surface area contributed by atoms with Gasteiger partial charge in [-0.05, 0) is 56.2 Å². The molecule has 196 valence electrons. The number of amides is 1. The van der Waals surface area contributed by atoms with E-state index >= 15 is 0 Å². The molecule has 0 unspecified atom stereocenters. The van der Waals surface area contributed by atoms with Crippen molar-refractivity contribution in [2.45, 2.75) is 19.9 Å². The Labute approximate surface area is 228 Å². The van der Waals surface area contributed by atoms with E-state index in [1.807, 2.05) is 55.7 Å². The average Bonchev–Trinajstić information content (AvgIpc) is 3.53. The van der Waals surface area contributed by atoms with E-state index in [-0.39, 0.29) is 11.5 Å². The van der Waals surface area contributed by atoms with E-state index in [2.05, 4.69) is 32.3 Å². The van der Waals surface area contributed by atoms with E-state index < -0.39 is 6.04 Å². The molecule has 0 aliphatic carbocycles. The molecule has 0 aliphatic heterocycles. The van der Waals surface area contributed by atoms with Crippen molar-refractivity contribution in [2.75, 3.05) is 0 Å². The van der Waals surface area contributed by atoms with Crippen LogP contribution in [0.15, 0.2) is 84.0 Å². The topological polar surface area (TPSA) is 112 Å². The SMILES string of the molecule is Cc1nn2cccnc2c1C(=O)N[C@@H](C)c1nc2cccc(C#Cc3ccn(C)n3)c2c(=O)n1-c1ccccc1. The molecule has 0 saturated heterocycles. The fraction of sp³-hybridized carbons (Fsp3) is 0.133. The maximum atomic E-state index is 14.1. The van der Waals surface area contributed by atoms with Gasteiger partial charge in [0.05, 0.1) is 28.3 Å². The van der Waals surface area contributed by atoms with E-state index in [9.17, 15) is 9.59 Å². The number of nitrogens with zero attached hydrogens (tertiary/aromatic N) is 7. The average molecular weight is 529 g/mol. The maximum absolute atomic E-state index is 14.1. The van der Waals surface area contributed by atoms with Gasteiger partial charge in [0.15, 0.2) is 5.65 Å². The van der Waals surface area contributed by atoms with Crippen LogP contribution in [0.1, 0.15) is 46.1 Å². The zero-order chi connectivity index (χ0) is 27.8. The number of aromatic nitrogens is 7. The second-order valence-corrected chi connectivity index (χ2v) is 9.31. The minimum atomic E-state index is -0.633. The van der Waals surface area contributed by atoms with Gasteiger partial charge in [0, 0.05) is 31.2 Å². The Bertz CT molecular complexity index is 2030. The number of hydrogen-bond donors (Lipinski definition) is 1. The first kappa shape index (κ1) is 24.8. The third-order valence-corrected chi connectivity index (χ3v) is 6.51. The largest absolute Gasteiger partial charge is 0.342 e. The molecule has 0 spiro atoms. The summed E-state index contributed by atoms with van der Waals surface area (Å²) in [5.41, 5.74) is 3.33. The van der Waals surface area contributed by atoms with Crippen molar-refractivity contribution in [2.24, 2.45) is 7.05 Å². The van der Waals surface area contributed by atoms with Crippen LogP contribution in [-0.4, -0.2) is 39.8 Å². The number of carbonyl (C=O) groups excluding carboxylic acids is 1. The Morgan fingerprint density at radius 3 is 2.58 bits per heavy atom. The molecule has 0 radical (unpaired) electrons. The molecule has 40 heavy (non-hydrogen) atoms. The van der Waals surface area contributed by atoms with Crippen LogP contribution < -0.4 is 10.9 Å². The molecule has 0 bridgehead atoms. The van der Waals surface area contributed by atoms with E-state index in [4.69, 9.17) is 4.98 Å². The van der Waals surface area contributed by atoms with Crippen LogP contribution in [0, 0.1) is 18.8 Å². The number of fused-ring (bicyclic) bond motifs is 2. The smallest absolute Gasteiger partial charge is 0.267 e. The fourth-order valence-corrected chi connectivity index (χ4v) is 4.68. The first-order valence-electron chi connectivity index (χ1n) is 12.6. The van der Waals surface area contributed by atoms with Crippen LogP contribution in [0.5, 0.6) is 0 Å². The zero-order valence-corrected chi connectivity index (χ0v) is 22.0. The molecular weight excluding hydrogens is 504 g/mol. The van der Waals surface area contributed by atoms with Crippen LogP contribution in [0.4, 0.5) is 0 Å². The number of aryl methyl sites for hydroxylation is 2. The highest BCUT2D eigenvalue weighted by Gasteiger charge is 2.24. The first-order chi connectivity index (χ1) is 19.4. The van der Waals surface area contributed by atoms with Crippen LogP contribution >= 0.6 is 0 Å². The Kier molecular flexibility index (Phi) is 6.16. The summed E-state index contributed by atoms with van der Waals surface area (Å²) in [7, 11) is 1.82. The molecule has 6 rings (SSSR count). The van der Waals surface area contributed by atoms with Gasteiger partial charge >= 0.3 is 0 Å². The zero-order valence-electron chi connectivity index (χ0n) is 22.0. The lowest BCUT2D eigenvalue weighted by atomic mass is 10.1. The summed E-state index contributed by atoms with van der Waals surface area (Å²) in [5.74, 6) is 6.15. The highest BCUT2D eigenvalue weighted by molar-refractivity contribution is 6.01. The van der Waals surface area contributed by atoms with Gasteiger partial charge in [-0.25, -0.2) is 14.5 Å². The minimum Gasteiger partial charge on any atom is -0.342 e. The van der Waals surface area contributed by atoms with E-state index in [0.717, 1.165) is 0 Å². The summed E-state index contributed by atoms with van der Waals surface area (Å²) in [6.07, 6.45) is 5.16. The molecule has 1 atom stereocenters. The second kappa shape index (κ2) is 9.96. The number of para-hydroxylation sites is 1. The molecule has 0 aliphatic rings. The molecule has 0 fully saturated rings. The number of nitrogens with one attached hydrogen (secondary N) is 1. The number of benzene rings is 2. The summed E-state index contributed by atoms with van der Waals surface area (Å²) in [6, 6.07) is 17.5. The van der Waals surface area contributed by atoms with Gasteiger partial charge in [-0.1, -0.05) is 30.2 Å². The van der Waals surface area contributed by atoms with Gasteiger partial charge in [0.25, 0.3) is 11.5 Å². The quantitative estimate of drug-likeness (QED) is 0.351. The molecule has 1 amide bonds. The van der Waals surface area contributed by atoms with Crippen molar-refractivity contribution in [1.29, 1.82) is 0 Å². The predicted molar refractivity (Wildman–Crippen MR) is 150 cm³/mol. The molecule has 6 aromatic rings. The van der Waals surface area contributed by atoms with Crippen molar-refractivity contribution < 1.29 is 4.79 Å². The molecule has 4 aromatic heterocycles. The number of hydrogen-bond acceptors (Lipinski definition) is 6. The second-order valence-electron chi connectivity index (χ2n) is 9.31. The highest BCUT2D eigenvalue weighted by atomic mass is 16.2. The lowest BCUT2D eigenvalue weighted by molar-refractivity contribution is 0.0938. The Morgan fingerprint density at radius 1 is 0.975 bits per heavy atom. The van der Waals surface area contributed by atoms with Gasteiger partial charge in [0.1, 0.15) is 17.1 Å². The Morgan fingerprint density at radius 2 is 1.80 bits per heavy atom. The normalized spacial score (nSPS) is 11.8. The number of carbonyl (C=O) groups is 1. The van der Waals surface area contributed by atoms with E-state index in [1.54, 1.807) is 53.6 Å². The highest BCUT2D eigenvalue weighted by Crippen LogP contribution is 2.21. The number of rotatable bonds is 4. The molecule has 10 heteroatoms. The van der Waals surface area contributed by atoms with Crippen LogP contribution in [0.3, 0.4) is 0 Å². The lowest BCUT2D eigenvalue weighted by Crippen LogP contribution is -2.33. The van der Waals surface area contributed by atoms with E-state index in [0.29, 0.717) is 50.6 Å². The summed E-state index contributed by atoms with van der Waals surface area (Å²) in [4.78, 5) is 36.8. The maximum Gasteiger partial charge on any atom is 0.267 e. The minimum absolute atomic E-state index is 0.285. The first-order valence-corrected chi connectivity index (χ1v) is 12.6. The molecule has 4 heterocycles. The third-order valence-electron chi connectivity index (χ3n) is 6.51. The molecule has 0 saturated carbocycles. The van der Waals surface area contributed by atoms with Gasteiger partial charge < -0.3 is 5.32 Å². The fourth-order valence-electron chi connectivity index (χ4n) is 4.68. The van der Waals surface area contributed by atoms with Gasteiger partial charge in [0.2, 0.25) is 0 Å². The lowest BCUT2D eigenvalue weighted by Gasteiger charge is -2.20. The molecule has 1 N–H and O–H groups in total. The van der Waals surface area contributed by atoms with E-state index in [1.165, 1.54) is 4.57 Å².